The van der Waals surface area contributed by atoms with Crippen LogP contribution >= 0.6 is 0 Å². The molecule has 1 aromatic heterocycles. The lowest BCUT2D eigenvalue weighted by molar-refractivity contribution is 0.182. The minimum Gasteiger partial charge on any atom is -0.394 e. The Hall–Kier alpha value is -1.23. The highest BCUT2D eigenvalue weighted by Gasteiger charge is 2.15. The van der Waals surface area contributed by atoms with Crippen molar-refractivity contribution in [3.63, 3.8) is 0 Å². The SMILES string of the molecule is CCCc1nn(C)c(NCCN(C(C)C)C(C)C)c1N. The molecule has 0 saturated heterocycles. The number of aryl methyl sites for hydroxylation is 2. The molecule has 1 heterocycles. The van der Waals surface area contributed by atoms with Crippen molar-refractivity contribution in [1.82, 2.24) is 14.7 Å². The van der Waals surface area contributed by atoms with Crippen molar-refractivity contribution < 1.29 is 0 Å². The van der Waals surface area contributed by atoms with Crippen molar-refractivity contribution in [3.8, 4) is 0 Å². The summed E-state index contributed by atoms with van der Waals surface area (Å²) in [7, 11) is 1.94. The van der Waals surface area contributed by atoms with E-state index in [9.17, 15) is 0 Å². The Morgan fingerprint density at radius 1 is 1.25 bits per heavy atom. The Bertz CT molecular complexity index is 401. The minimum atomic E-state index is 0.552. The van der Waals surface area contributed by atoms with E-state index in [0.717, 1.165) is 43.1 Å². The monoisotopic (exact) mass is 281 g/mol. The van der Waals surface area contributed by atoms with Crippen LogP contribution in [0.4, 0.5) is 11.5 Å². The van der Waals surface area contributed by atoms with Gasteiger partial charge in [0.1, 0.15) is 5.82 Å². The molecule has 0 aliphatic rings. The molecule has 0 spiro atoms. The molecule has 0 radical (unpaired) electrons. The van der Waals surface area contributed by atoms with E-state index in [2.05, 4.69) is 49.9 Å². The minimum absolute atomic E-state index is 0.552. The summed E-state index contributed by atoms with van der Waals surface area (Å²) in [5, 5.41) is 7.92. The Morgan fingerprint density at radius 3 is 2.35 bits per heavy atom. The fraction of sp³-hybridized carbons (Fsp3) is 0.800. The summed E-state index contributed by atoms with van der Waals surface area (Å²) >= 11 is 0. The highest BCUT2D eigenvalue weighted by atomic mass is 15.3. The van der Waals surface area contributed by atoms with Crippen LogP contribution in [0.15, 0.2) is 0 Å². The first-order valence-corrected chi connectivity index (χ1v) is 7.69. The average Bonchev–Trinajstić information content (AvgIpc) is 2.61. The number of hydrogen-bond acceptors (Lipinski definition) is 4. The molecule has 0 amide bonds. The van der Waals surface area contributed by atoms with E-state index in [-0.39, 0.29) is 0 Å². The van der Waals surface area contributed by atoms with Crippen molar-refractivity contribution in [1.29, 1.82) is 0 Å². The first kappa shape index (κ1) is 16.8. The predicted molar refractivity (Wildman–Crippen MR) is 87.1 cm³/mol. The molecule has 20 heavy (non-hydrogen) atoms. The third kappa shape index (κ3) is 4.13. The maximum atomic E-state index is 6.17. The van der Waals surface area contributed by atoms with Crippen molar-refractivity contribution in [2.24, 2.45) is 7.05 Å². The smallest absolute Gasteiger partial charge is 0.147 e. The van der Waals surface area contributed by atoms with Gasteiger partial charge in [0.2, 0.25) is 0 Å². The first-order chi connectivity index (χ1) is 9.38. The van der Waals surface area contributed by atoms with Gasteiger partial charge in [-0.25, -0.2) is 0 Å². The molecule has 0 aromatic carbocycles. The van der Waals surface area contributed by atoms with Crippen LogP contribution in [0.25, 0.3) is 0 Å². The van der Waals surface area contributed by atoms with Gasteiger partial charge in [0.25, 0.3) is 0 Å². The van der Waals surface area contributed by atoms with E-state index >= 15 is 0 Å². The zero-order chi connectivity index (χ0) is 15.3. The lowest BCUT2D eigenvalue weighted by Gasteiger charge is -2.30. The van der Waals surface area contributed by atoms with Gasteiger partial charge < -0.3 is 11.1 Å². The van der Waals surface area contributed by atoms with Crippen molar-refractivity contribution >= 4 is 11.5 Å². The quantitative estimate of drug-likeness (QED) is 0.768. The van der Waals surface area contributed by atoms with Gasteiger partial charge in [0.15, 0.2) is 0 Å². The molecule has 116 valence electrons. The van der Waals surface area contributed by atoms with Gasteiger partial charge in [-0.3, -0.25) is 9.58 Å². The molecule has 0 aliphatic carbocycles. The summed E-state index contributed by atoms with van der Waals surface area (Å²) in [4.78, 5) is 2.46. The van der Waals surface area contributed by atoms with E-state index in [1.165, 1.54) is 0 Å². The summed E-state index contributed by atoms with van der Waals surface area (Å²) < 4.78 is 1.86. The van der Waals surface area contributed by atoms with Gasteiger partial charge in [-0.15, -0.1) is 0 Å². The number of nitrogens with zero attached hydrogens (tertiary/aromatic N) is 3. The number of hydrogen-bond donors (Lipinski definition) is 2. The average molecular weight is 281 g/mol. The van der Waals surface area contributed by atoms with Crippen LogP contribution in [0, 0.1) is 0 Å². The number of anilines is 2. The van der Waals surface area contributed by atoms with Crippen molar-refractivity contribution in [2.45, 2.75) is 59.5 Å². The zero-order valence-corrected chi connectivity index (χ0v) is 13.9. The third-order valence-electron chi connectivity index (χ3n) is 3.64. The largest absolute Gasteiger partial charge is 0.394 e. The van der Waals surface area contributed by atoms with Crippen LogP contribution in [0.3, 0.4) is 0 Å². The number of nitrogen functional groups attached to an aromatic ring is 1. The number of aromatic nitrogens is 2. The van der Waals surface area contributed by atoms with Crippen LogP contribution in [0.2, 0.25) is 0 Å². The Kier molecular flexibility index (Phi) is 6.33. The highest BCUT2D eigenvalue weighted by Crippen LogP contribution is 2.22. The van der Waals surface area contributed by atoms with Crippen LogP contribution in [-0.2, 0) is 13.5 Å². The van der Waals surface area contributed by atoms with E-state index < -0.39 is 0 Å². The van der Waals surface area contributed by atoms with Gasteiger partial charge in [0.05, 0.1) is 11.4 Å². The summed E-state index contributed by atoms with van der Waals surface area (Å²) in [5.74, 6) is 0.945. The Morgan fingerprint density at radius 2 is 1.85 bits per heavy atom. The second-order valence-corrected chi connectivity index (χ2v) is 5.93. The van der Waals surface area contributed by atoms with E-state index in [1.807, 2.05) is 11.7 Å². The summed E-state index contributed by atoms with van der Waals surface area (Å²) in [6.45, 7) is 13.0. The van der Waals surface area contributed by atoms with Gasteiger partial charge in [-0.05, 0) is 34.1 Å². The standard InChI is InChI=1S/C15H31N5/c1-7-8-13-14(16)15(19(6)18-13)17-9-10-20(11(2)3)12(4)5/h11-12,17H,7-10,16H2,1-6H3. The number of nitrogens with two attached hydrogens (primary N) is 1. The second kappa shape index (κ2) is 7.53. The third-order valence-corrected chi connectivity index (χ3v) is 3.64. The number of nitrogens with one attached hydrogen (secondary N) is 1. The molecule has 5 nitrogen and oxygen atoms in total. The molecule has 1 aromatic rings. The molecule has 0 saturated carbocycles. The molecule has 0 aliphatic heterocycles. The molecule has 1 rings (SSSR count). The van der Waals surface area contributed by atoms with Crippen LogP contribution in [0.5, 0.6) is 0 Å². The Balaban J connectivity index is 2.62. The summed E-state index contributed by atoms with van der Waals surface area (Å²) in [6, 6.07) is 1.10. The fourth-order valence-electron chi connectivity index (χ4n) is 2.64. The molecule has 5 heteroatoms. The summed E-state index contributed by atoms with van der Waals surface area (Å²) in [5.41, 5.74) is 7.97. The lowest BCUT2D eigenvalue weighted by atomic mass is 10.2. The lowest BCUT2D eigenvalue weighted by Crippen LogP contribution is -2.40. The zero-order valence-electron chi connectivity index (χ0n) is 13.9. The molecule has 3 N–H and O–H groups in total. The topological polar surface area (TPSA) is 59.1 Å². The first-order valence-electron chi connectivity index (χ1n) is 7.69. The van der Waals surface area contributed by atoms with Gasteiger partial charge in [0, 0.05) is 32.2 Å². The highest BCUT2D eigenvalue weighted by molar-refractivity contribution is 5.65. The Labute approximate surface area is 123 Å². The summed E-state index contributed by atoms with van der Waals surface area (Å²) in [6.07, 6.45) is 2.00. The fourth-order valence-corrected chi connectivity index (χ4v) is 2.64. The van der Waals surface area contributed by atoms with E-state index in [4.69, 9.17) is 5.73 Å². The van der Waals surface area contributed by atoms with Gasteiger partial charge in [-0.2, -0.15) is 5.10 Å². The number of rotatable bonds is 8. The van der Waals surface area contributed by atoms with Crippen molar-refractivity contribution in [3.05, 3.63) is 5.69 Å². The van der Waals surface area contributed by atoms with Gasteiger partial charge in [-0.1, -0.05) is 13.3 Å². The molecule has 0 atom stereocenters. The normalized spacial score (nSPS) is 11.8. The molecule has 0 bridgehead atoms. The maximum Gasteiger partial charge on any atom is 0.147 e. The van der Waals surface area contributed by atoms with Crippen LogP contribution < -0.4 is 11.1 Å². The van der Waals surface area contributed by atoms with Crippen LogP contribution in [0.1, 0.15) is 46.7 Å². The van der Waals surface area contributed by atoms with Gasteiger partial charge >= 0.3 is 0 Å². The maximum absolute atomic E-state index is 6.17. The van der Waals surface area contributed by atoms with Crippen LogP contribution in [-0.4, -0.2) is 39.9 Å². The predicted octanol–water partition coefficient (Wildman–Crippen LogP) is 2.49. The second-order valence-electron chi connectivity index (χ2n) is 5.93. The molecular weight excluding hydrogens is 250 g/mol. The van der Waals surface area contributed by atoms with Crippen molar-refractivity contribution in [2.75, 3.05) is 24.1 Å². The molecule has 0 unspecified atom stereocenters. The van der Waals surface area contributed by atoms with E-state index in [0.29, 0.717) is 12.1 Å². The molecule has 0 fully saturated rings. The van der Waals surface area contributed by atoms with E-state index in [1.54, 1.807) is 0 Å². The molecular formula is C15H31N5.